The van der Waals surface area contributed by atoms with Gasteiger partial charge in [-0.05, 0) is 54.8 Å². The summed E-state index contributed by atoms with van der Waals surface area (Å²) in [5, 5.41) is 3.98. The average Bonchev–Trinajstić information content (AvgIpc) is 3.40. The van der Waals surface area contributed by atoms with Gasteiger partial charge < -0.3 is 0 Å². The Bertz CT molecular complexity index is 1200. The largest absolute Gasteiger partial charge is 0.297 e. The van der Waals surface area contributed by atoms with Gasteiger partial charge in [-0.3, -0.25) is 9.58 Å². The highest BCUT2D eigenvalue weighted by molar-refractivity contribution is 7.92. The first-order valence-corrected chi connectivity index (χ1v) is 11.8. The zero-order valence-corrected chi connectivity index (χ0v) is 17.8. The standard InChI is InChI=1S/C23H24FN3O2S/c1-15(2)27-12-16(10-25-27)11-26-13-21-20-9-18(17-3-6-19(24)7-4-17)5-8-22(20)30(28,29)23(21)14-26/h3-10,12,15,21,23H,11,13-14H2,1-2H3/t21-,23-/m0/s1. The van der Waals surface area contributed by atoms with E-state index in [4.69, 9.17) is 0 Å². The van der Waals surface area contributed by atoms with E-state index in [1.807, 2.05) is 29.2 Å². The number of rotatable bonds is 4. The second-order valence-electron chi connectivity index (χ2n) is 8.57. The van der Waals surface area contributed by atoms with Crippen molar-refractivity contribution in [3.8, 4) is 11.1 Å². The van der Waals surface area contributed by atoms with Crippen molar-refractivity contribution in [3.63, 3.8) is 0 Å². The molecule has 3 aromatic rings. The van der Waals surface area contributed by atoms with Gasteiger partial charge in [-0.25, -0.2) is 12.8 Å². The Morgan fingerprint density at radius 2 is 1.83 bits per heavy atom. The van der Waals surface area contributed by atoms with Crippen molar-refractivity contribution in [2.45, 2.75) is 42.5 Å². The Balaban J connectivity index is 1.43. The molecule has 30 heavy (non-hydrogen) atoms. The fourth-order valence-corrected chi connectivity index (χ4v) is 6.87. The maximum atomic E-state index is 13.3. The van der Waals surface area contributed by atoms with E-state index in [0.29, 0.717) is 30.6 Å². The highest BCUT2D eigenvalue weighted by Gasteiger charge is 2.50. The van der Waals surface area contributed by atoms with Crippen LogP contribution >= 0.6 is 0 Å². The van der Waals surface area contributed by atoms with Gasteiger partial charge in [0, 0.05) is 43.4 Å². The van der Waals surface area contributed by atoms with Crippen LogP contribution in [-0.4, -0.2) is 41.4 Å². The highest BCUT2D eigenvalue weighted by atomic mass is 32.2. The van der Waals surface area contributed by atoms with Crippen molar-refractivity contribution < 1.29 is 12.8 Å². The summed E-state index contributed by atoms with van der Waals surface area (Å²) >= 11 is 0. The summed E-state index contributed by atoms with van der Waals surface area (Å²) in [6, 6.07) is 12.1. The molecule has 7 heteroatoms. The van der Waals surface area contributed by atoms with Crippen LogP contribution in [0.4, 0.5) is 4.39 Å². The molecule has 0 amide bonds. The van der Waals surface area contributed by atoms with E-state index in [1.165, 1.54) is 12.1 Å². The van der Waals surface area contributed by atoms with Crippen LogP contribution in [-0.2, 0) is 16.4 Å². The van der Waals surface area contributed by atoms with Crippen LogP contribution in [0.5, 0.6) is 0 Å². The van der Waals surface area contributed by atoms with Gasteiger partial charge in [0.2, 0.25) is 0 Å². The first-order valence-electron chi connectivity index (χ1n) is 10.2. The Labute approximate surface area is 176 Å². The summed E-state index contributed by atoms with van der Waals surface area (Å²) in [7, 11) is -3.34. The lowest BCUT2D eigenvalue weighted by Gasteiger charge is -2.16. The van der Waals surface area contributed by atoms with Gasteiger partial charge in [-0.1, -0.05) is 18.2 Å². The minimum absolute atomic E-state index is 0.0365. The van der Waals surface area contributed by atoms with Gasteiger partial charge >= 0.3 is 0 Å². The zero-order chi connectivity index (χ0) is 21.0. The van der Waals surface area contributed by atoms with E-state index in [2.05, 4.69) is 23.8 Å². The number of benzene rings is 2. The summed E-state index contributed by atoms with van der Waals surface area (Å²) < 4.78 is 41.5. The van der Waals surface area contributed by atoms with Crippen LogP contribution < -0.4 is 0 Å². The van der Waals surface area contributed by atoms with Gasteiger partial charge in [0.1, 0.15) is 5.82 Å². The summed E-state index contributed by atoms with van der Waals surface area (Å²) in [5.41, 5.74) is 3.79. The summed E-state index contributed by atoms with van der Waals surface area (Å²) in [6.07, 6.45) is 3.90. The SMILES string of the molecule is CC(C)n1cc(CN2C[C@H]3c4cc(-c5ccc(F)cc5)ccc4S(=O)(=O)[C@H]3C2)cn1. The molecule has 3 heterocycles. The van der Waals surface area contributed by atoms with Gasteiger partial charge in [-0.15, -0.1) is 0 Å². The van der Waals surface area contributed by atoms with Gasteiger partial charge in [0.05, 0.1) is 16.3 Å². The summed E-state index contributed by atoms with van der Waals surface area (Å²) in [4.78, 5) is 2.66. The molecule has 2 aliphatic heterocycles. The number of hydrogen-bond donors (Lipinski definition) is 0. The number of aromatic nitrogens is 2. The molecule has 5 nitrogen and oxygen atoms in total. The lowest BCUT2D eigenvalue weighted by Crippen LogP contribution is -2.25. The number of sulfone groups is 1. The van der Waals surface area contributed by atoms with Gasteiger partial charge in [-0.2, -0.15) is 5.10 Å². The molecule has 1 aromatic heterocycles. The lowest BCUT2D eigenvalue weighted by atomic mass is 9.94. The van der Waals surface area contributed by atoms with Crippen molar-refractivity contribution in [2.24, 2.45) is 0 Å². The molecule has 0 spiro atoms. The smallest absolute Gasteiger partial charge is 0.183 e. The fourth-order valence-electron chi connectivity index (χ4n) is 4.68. The fraction of sp³-hybridized carbons (Fsp3) is 0.348. The zero-order valence-electron chi connectivity index (χ0n) is 17.0. The molecule has 156 valence electrons. The molecule has 2 atom stereocenters. The van der Waals surface area contributed by atoms with E-state index in [1.54, 1.807) is 18.2 Å². The molecule has 2 aliphatic rings. The number of fused-ring (bicyclic) bond motifs is 3. The summed E-state index contributed by atoms with van der Waals surface area (Å²) in [5.74, 6) is -0.319. The minimum Gasteiger partial charge on any atom is -0.297 e. The second-order valence-corrected chi connectivity index (χ2v) is 10.7. The first kappa shape index (κ1) is 19.5. The third-order valence-corrected chi connectivity index (χ3v) is 8.48. The number of hydrogen-bond acceptors (Lipinski definition) is 4. The van der Waals surface area contributed by atoms with Crippen LogP contribution in [0, 0.1) is 5.82 Å². The van der Waals surface area contributed by atoms with Crippen LogP contribution in [0.3, 0.4) is 0 Å². The predicted molar refractivity (Wildman–Crippen MR) is 113 cm³/mol. The van der Waals surface area contributed by atoms with Crippen LogP contribution in [0.1, 0.15) is 36.9 Å². The molecule has 1 saturated heterocycles. The van der Waals surface area contributed by atoms with Crippen molar-refractivity contribution in [1.82, 2.24) is 14.7 Å². The highest BCUT2D eigenvalue weighted by Crippen LogP contribution is 2.46. The molecule has 2 aromatic carbocycles. The normalized spacial score (nSPS) is 22.4. The quantitative estimate of drug-likeness (QED) is 0.633. The molecule has 1 fully saturated rings. The van der Waals surface area contributed by atoms with Crippen molar-refractivity contribution in [1.29, 1.82) is 0 Å². The molecule has 0 saturated carbocycles. The monoisotopic (exact) mass is 425 g/mol. The van der Waals surface area contributed by atoms with Crippen LogP contribution in [0.25, 0.3) is 11.1 Å². The van der Waals surface area contributed by atoms with Crippen LogP contribution in [0.15, 0.2) is 59.8 Å². The molecule has 0 unspecified atom stereocenters. The lowest BCUT2D eigenvalue weighted by molar-refractivity contribution is 0.325. The van der Waals surface area contributed by atoms with Crippen LogP contribution in [0.2, 0.25) is 0 Å². The Morgan fingerprint density at radius 3 is 2.53 bits per heavy atom. The maximum Gasteiger partial charge on any atom is 0.183 e. The molecule has 0 N–H and O–H groups in total. The van der Waals surface area contributed by atoms with Crippen molar-refractivity contribution >= 4 is 9.84 Å². The van der Waals surface area contributed by atoms with Crippen molar-refractivity contribution in [2.75, 3.05) is 13.1 Å². The topological polar surface area (TPSA) is 55.2 Å². The van der Waals surface area contributed by atoms with Gasteiger partial charge in [0.15, 0.2) is 9.84 Å². The Morgan fingerprint density at radius 1 is 1.10 bits per heavy atom. The number of likely N-dealkylation sites (tertiary alicyclic amines) is 1. The minimum atomic E-state index is -3.34. The third-order valence-electron chi connectivity index (χ3n) is 6.22. The number of halogens is 1. The second kappa shape index (κ2) is 7.03. The average molecular weight is 426 g/mol. The summed E-state index contributed by atoms with van der Waals surface area (Å²) in [6.45, 7) is 6.09. The van der Waals surface area contributed by atoms with Crippen molar-refractivity contribution in [3.05, 3.63) is 71.8 Å². The Kier molecular flexibility index (Phi) is 4.56. The Hall–Kier alpha value is -2.51. The molecule has 0 radical (unpaired) electrons. The van der Waals surface area contributed by atoms with E-state index < -0.39 is 15.1 Å². The maximum absolute atomic E-state index is 13.3. The first-order chi connectivity index (χ1) is 14.3. The molecular weight excluding hydrogens is 401 g/mol. The van der Waals surface area contributed by atoms with E-state index in [0.717, 1.165) is 22.3 Å². The van der Waals surface area contributed by atoms with E-state index >= 15 is 0 Å². The van der Waals surface area contributed by atoms with Gasteiger partial charge in [0.25, 0.3) is 0 Å². The number of nitrogens with zero attached hydrogens (tertiary/aromatic N) is 3. The van der Waals surface area contributed by atoms with E-state index in [-0.39, 0.29) is 11.7 Å². The third kappa shape index (κ3) is 3.17. The van der Waals surface area contributed by atoms with E-state index in [9.17, 15) is 12.8 Å². The molecule has 0 bridgehead atoms. The predicted octanol–water partition coefficient (Wildman–Crippen LogP) is 4.03. The molecule has 5 rings (SSSR count). The molecular formula is C23H24FN3O2S. The molecule has 0 aliphatic carbocycles.